The Hall–Kier alpha value is -0.810. The molecule has 1 atom stereocenters. The van der Waals surface area contributed by atoms with E-state index >= 15 is 0 Å². The molecular weight excluding hydrogens is 244 g/mol. The second kappa shape index (κ2) is 10.0. The largest absolute Gasteiger partial charge is 0.444 e. The van der Waals surface area contributed by atoms with Crippen molar-refractivity contribution in [1.82, 2.24) is 10.6 Å². The highest BCUT2D eigenvalue weighted by Crippen LogP contribution is 2.06. The van der Waals surface area contributed by atoms with Crippen molar-refractivity contribution < 1.29 is 14.3 Å². The maximum absolute atomic E-state index is 11.4. The highest BCUT2D eigenvalue weighted by Gasteiger charge is 2.16. The minimum absolute atomic E-state index is 0.221. The second-order valence-electron chi connectivity index (χ2n) is 5.70. The molecule has 1 amide bonds. The van der Waals surface area contributed by atoms with Gasteiger partial charge in [-0.05, 0) is 47.1 Å². The van der Waals surface area contributed by atoms with E-state index in [-0.39, 0.29) is 12.1 Å². The van der Waals surface area contributed by atoms with E-state index in [0.717, 1.165) is 32.6 Å². The molecule has 0 aliphatic rings. The van der Waals surface area contributed by atoms with E-state index in [2.05, 4.69) is 17.6 Å². The van der Waals surface area contributed by atoms with E-state index in [0.29, 0.717) is 6.54 Å². The molecule has 5 heteroatoms. The first kappa shape index (κ1) is 18.2. The fraction of sp³-hybridized carbons (Fsp3) is 0.929. The molecule has 1 unspecified atom stereocenters. The fourth-order valence-electron chi connectivity index (χ4n) is 1.39. The quantitative estimate of drug-likeness (QED) is 0.633. The number of alkyl carbamates (subject to hydrolysis) is 1. The lowest BCUT2D eigenvalue weighted by Crippen LogP contribution is -2.41. The van der Waals surface area contributed by atoms with Crippen LogP contribution in [0.1, 0.15) is 47.5 Å². The first-order chi connectivity index (χ1) is 8.85. The lowest BCUT2D eigenvalue weighted by atomic mass is 10.2. The topological polar surface area (TPSA) is 59.6 Å². The molecule has 0 saturated carbocycles. The Morgan fingerprint density at radius 3 is 2.53 bits per heavy atom. The van der Waals surface area contributed by atoms with Crippen LogP contribution >= 0.6 is 0 Å². The van der Waals surface area contributed by atoms with Gasteiger partial charge in [-0.2, -0.15) is 0 Å². The van der Waals surface area contributed by atoms with Crippen LogP contribution < -0.4 is 10.6 Å². The molecule has 0 fully saturated rings. The molecule has 0 saturated heterocycles. The normalized spacial score (nSPS) is 13.1. The van der Waals surface area contributed by atoms with Gasteiger partial charge in [0.2, 0.25) is 0 Å². The Bertz CT molecular complexity index is 239. The monoisotopic (exact) mass is 274 g/mol. The summed E-state index contributed by atoms with van der Waals surface area (Å²) in [6.07, 6.45) is 1.67. The number of ether oxygens (including phenoxy) is 2. The molecule has 0 heterocycles. The maximum Gasteiger partial charge on any atom is 0.407 e. The molecule has 0 radical (unpaired) electrons. The average Bonchev–Trinajstić information content (AvgIpc) is 2.29. The molecule has 2 N–H and O–H groups in total. The standard InChI is InChI=1S/C14H30N2O3/c1-6-9-18-10-7-8-15-12(2)11-16-13(17)19-14(3,4)5/h12,15H,6-11H2,1-5H3,(H,16,17). The van der Waals surface area contributed by atoms with Crippen LogP contribution in [0.3, 0.4) is 0 Å². The smallest absolute Gasteiger partial charge is 0.407 e. The summed E-state index contributed by atoms with van der Waals surface area (Å²) in [4.78, 5) is 11.4. The van der Waals surface area contributed by atoms with Crippen LogP contribution in [0.4, 0.5) is 4.79 Å². The van der Waals surface area contributed by atoms with Gasteiger partial charge in [0.15, 0.2) is 0 Å². The highest BCUT2D eigenvalue weighted by molar-refractivity contribution is 5.67. The minimum Gasteiger partial charge on any atom is -0.444 e. The van der Waals surface area contributed by atoms with Crippen molar-refractivity contribution in [3.63, 3.8) is 0 Å². The fourth-order valence-corrected chi connectivity index (χ4v) is 1.39. The highest BCUT2D eigenvalue weighted by atomic mass is 16.6. The third kappa shape index (κ3) is 13.4. The molecule has 0 rings (SSSR count). The van der Waals surface area contributed by atoms with Crippen molar-refractivity contribution in [2.24, 2.45) is 0 Å². The van der Waals surface area contributed by atoms with Crippen LogP contribution in [0.2, 0.25) is 0 Å². The molecule has 0 aromatic heterocycles. The van der Waals surface area contributed by atoms with Crippen molar-refractivity contribution in [2.45, 2.75) is 59.1 Å². The molecule has 0 aromatic carbocycles. The number of amides is 1. The third-order valence-electron chi connectivity index (χ3n) is 2.26. The van der Waals surface area contributed by atoms with Crippen LogP contribution in [-0.2, 0) is 9.47 Å². The molecule has 114 valence electrons. The summed E-state index contributed by atoms with van der Waals surface area (Å²) < 4.78 is 10.5. The number of hydrogen-bond acceptors (Lipinski definition) is 4. The average molecular weight is 274 g/mol. The van der Waals surface area contributed by atoms with E-state index in [9.17, 15) is 4.79 Å². The molecular formula is C14H30N2O3. The van der Waals surface area contributed by atoms with Crippen LogP contribution in [0.15, 0.2) is 0 Å². The molecule has 0 aliphatic carbocycles. The predicted molar refractivity (Wildman–Crippen MR) is 77.4 cm³/mol. The third-order valence-corrected chi connectivity index (χ3v) is 2.26. The molecule has 0 aromatic rings. The first-order valence-corrected chi connectivity index (χ1v) is 7.13. The number of carbonyl (C=O) groups excluding carboxylic acids is 1. The van der Waals surface area contributed by atoms with Gasteiger partial charge in [0.25, 0.3) is 0 Å². The van der Waals surface area contributed by atoms with Gasteiger partial charge in [0.1, 0.15) is 5.60 Å². The second-order valence-corrected chi connectivity index (χ2v) is 5.70. The van der Waals surface area contributed by atoms with Gasteiger partial charge >= 0.3 is 6.09 Å². The van der Waals surface area contributed by atoms with E-state index < -0.39 is 5.60 Å². The minimum atomic E-state index is -0.447. The van der Waals surface area contributed by atoms with Crippen LogP contribution in [0.25, 0.3) is 0 Å². The van der Waals surface area contributed by atoms with E-state index in [1.165, 1.54) is 0 Å². The molecule has 0 aliphatic heterocycles. The van der Waals surface area contributed by atoms with Gasteiger partial charge in [-0.25, -0.2) is 4.79 Å². The Labute approximate surface area is 117 Å². The SMILES string of the molecule is CCCOCCCNC(C)CNC(=O)OC(C)(C)C. The lowest BCUT2D eigenvalue weighted by Gasteiger charge is -2.21. The number of rotatable bonds is 9. The van der Waals surface area contributed by atoms with Crippen molar-refractivity contribution in [1.29, 1.82) is 0 Å². The van der Waals surface area contributed by atoms with Crippen molar-refractivity contribution in [3.05, 3.63) is 0 Å². The van der Waals surface area contributed by atoms with Crippen LogP contribution in [0, 0.1) is 0 Å². The van der Waals surface area contributed by atoms with Gasteiger partial charge in [-0.3, -0.25) is 0 Å². The Balaban J connectivity index is 3.48. The Morgan fingerprint density at radius 2 is 1.95 bits per heavy atom. The summed E-state index contributed by atoms with van der Waals surface area (Å²) in [5.41, 5.74) is -0.447. The van der Waals surface area contributed by atoms with Crippen LogP contribution in [0.5, 0.6) is 0 Å². The van der Waals surface area contributed by atoms with Gasteiger partial charge in [0.05, 0.1) is 0 Å². The number of nitrogens with one attached hydrogen (secondary N) is 2. The zero-order chi connectivity index (χ0) is 14.7. The summed E-state index contributed by atoms with van der Waals surface area (Å²) in [6, 6.07) is 0.221. The van der Waals surface area contributed by atoms with Gasteiger partial charge in [-0.1, -0.05) is 6.92 Å². The van der Waals surface area contributed by atoms with Crippen LogP contribution in [-0.4, -0.2) is 44.0 Å². The number of carbonyl (C=O) groups is 1. The maximum atomic E-state index is 11.4. The van der Waals surface area contributed by atoms with Gasteiger partial charge in [0, 0.05) is 25.8 Å². The summed E-state index contributed by atoms with van der Waals surface area (Å²) in [7, 11) is 0. The van der Waals surface area contributed by atoms with E-state index in [1.807, 2.05) is 27.7 Å². The summed E-state index contributed by atoms with van der Waals surface area (Å²) in [5, 5.41) is 6.07. The zero-order valence-corrected chi connectivity index (χ0v) is 13.0. The van der Waals surface area contributed by atoms with Crippen molar-refractivity contribution in [2.75, 3.05) is 26.3 Å². The molecule has 5 nitrogen and oxygen atoms in total. The van der Waals surface area contributed by atoms with Gasteiger partial charge in [-0.15, -0.1) is 0 Å². The lowest BCUT2D eigenvalue weighted by molar-refractivity contribution is 0.0523. The predicted octanol–water partition coefficient (Wildman–Crippen LogP) is 2.31. The van der Waals surface area contributed by atoms with Gasteiger partial charge < -0.3 is 20.1 Å². The summed E-state index contributed by atoms with van der Waals surface area (Å²) in [6.45, 7) is 12.8. The first-order valence-electron chi connectivity index (χ1n) is 7.13. The Morgan fingerprint density at radius 1 is 1.26 bits per heavy atom. The molecule has 0 spiro atoms. The Kier molecular flexibility index (Phi) is 9.61. The van der Waals surface area contributed by atoms with E-state index in [1.54, 1.807) is 0 Å². The zero-order valence-electron chi connectivity index (χ0n) is 13.0. The van der Waals surface area contributed by atoms with Crippen molar-refractivity contribution >= 4 is 6.09 Å². The molecule has 19 heavy (non-hydrogen) atoms. The van der Waals surface area contributed by atoms with Crippen molar-refractivity contribution in [3.8, 4) is 0 Å². The summed E-state index contributed by atoms with van der Waals surface area (Å²) >= 11 is 0. The summed E-state index contributed by atoms with van der Waals surface area (Å²) in [5.74, 6) is 0. The number of hydrogen-bond donors (Lipinski definition) is 2. The molecule has 0 bridgehead atoms. The van der Waals surface area contributed by atoms with E-state index in [4.69, 9.17) is 9.47 Å².